The third kappa shape index (κ3) is 2.68. The van der Waals surface area contributed by atoms with E-state index in [0.717, 1.165) is 15.6 Å². The van der Waals surface area contributed by atoms with E-state index >= 15 is 0 Å². The number of halogens is 1. The van der Waals surface area contributed by atoms with Crippen LogP contribution in [0.15, 0.2) is 34.8 Å². The minimum absolute atomic E-state index is 0.0173. The van der Waals surface area contributed by atoms with Crippen LogP contribution in [0.5, 0.6) is 11.5 Å². The van der Waals surface area contributed by atoms with Crippen molar-refractivity contribution >= 4 is 21.7 Å². The maximum absolute atomic E-state index is 12.8. The first-order valence-corrected chi connectivity index (χ1v) is 7.56. The standard InChI is InChI=1S/C17H15BrO3/c1-10-3-4-12(11(2)7-10)17(19)13-8-15-16(9-14(13)18)21-6-5-20-15/h3-4,7-9H,5-6H2,1-2H3. The average molecular weight is 347 g/mol. The Labute approximate surface area is 132 Å². The van der Waals surface area contributed by atoms with E-state index in [1.165, 1.54) is 0 Å². The van der Waals surface area contributed by atoms with Gasteiger partial charge in [-0.25, -0.2) is 0 Å². The lowest BCUT2D eigenvalue weighted by atomic mass is 9.97. The fourth-order valence-electron chi connectivity index (χ4n) is 2.45. The Morgan fingerprint density at radius 2 is 1.67 bits per heavy atom. The van der Waals surface area contributed by atoms with Crippen molar-refractivity contribution in [2.45, 2.75) is 13.8 Å². The third-order valence-corrected chi connectivity index (χ3v) is 4.16. The molecule has 0 radical (unpaired) electrons. The van der Waals surface area contributed by atoms with Crippen LogP contribution < -0.4 is 9.47 Å². The smallest absolute Gasteiger partial charge is 0.194 e. The number of benzene rings is 2. The van der Waals surface area contributed by atoms with Crippen molar-refractivity contribution in [2.24, 2.45) is 0 Å². The Morgan fingerprint density at radius 3 is 2.33 bits per heavy atom. The molecule has 2 aromatic carbocycles. The van der Waals surface area contributed by atoms with Crippen molar-refractivity contribution in [3.8, 4) is 11.5 Å². The van der Waals surface area contributed by atoms with Crippen LogP contribution in [-0.4, -0.2) is 19.0 Å². The maximum atomic E-state index is 12.8. The van der Waals surface area contributed by atoms with Gasteiger partial charge in [0, 0.05) is 15.6 Å². The van der Waals surface area contributed by atoms with Gasteiger partial charge >= 0.3 is 0 Å². The van der Waals surface area contributed by atoms with E-state index < -0.39 is 0 Å². The molecule has 4 heteroatoms. The predicted octanol–water partition coefficient (Wildman–Crippen LogP) is 4.07. The van der Waals surface area contributed by atoms with Crippen LogP contribution >= 0.6 is 15.9 Å². The van der Waals surface area contributed by atoms with Gasteiger partial charge in [0.15, 0.2) is 17.3 Å². The highest BCUT2D eigenvalue weighted by atomic mass is 79.9. The van der Waals surface area contributed by atoms with Gasteiger partial charge in [-0.3, -0.25) is 4.79 Å². The quantitative estimate of drug-likeness (QED) is 0.769. The van der Waals surface area contributed by atoms with Crippen LogP contribution in [0.4, 0.5) is 0 Å². The van der Waals surface area contributed by atoms with Crippen LogP contribution in [0.3, 0.4) is 0 Å². The second kappa shape index (κ2) is 5.53. The SMILES string of the molecule is Cc1ccc(C(=O)c2cc3c(cc2Br)OCCO3)c(C)c1. The molecule has 0 bridgehead atoms. The number of carbonyl (C=O) groups excluding carboxylic acids is 1. The molecule has 1 aliphatic rings. The Hall–Kier alpha value is -1.81. The number of hydrogen-bond donors (Lipinski definition) is 0. The lowest BCUT2D eigenvalue weighted by Crippen LogP contribution is -2.16. The molecule has 108 valence electrons. The summed E-state index contributed by atoms with van der Waals surface area (Å²) in [5.74, 6) is 1.28. The second-order valence-electron chi connectivity index (χ2n) is 5.12. The van der Waals surface area contributed by atoms with E-state index in [2.05, 4.69) is 15.9 Å². The van der Waals surface area contributed by atoms with Crippen molar-refractivity contribution < 1.29 is 14.3 Å². The highest BCUT2D eigenvalue weighted by molar-refractivity contribution is 9.10. The number of hydrogen-bond acceptors (Lipinski definition) is 3. The number of fused-ring (bicyclic) bond motifs is 1. The summed E-state index contributed by atoms with van der Waals surface area (Å²) < 4.78 is 11.8. The summed E-state index contributed by atoms with van der Waals surface area (Å²) in [4.78, 5) is 12.8. The van der Waals surface area contributed by atoms with Gasteiger partial charge in [-0.2, -0.15) is 0 Å². The molecule has 2 aromatic rings. The van der Waals surface area contributed by atoms with Crippen molar-refractivity contribution in [1.82, 2.24) is 0 Å². The summed E-state index contributed by atoms with van der Waals surface area (Å²) in [5.41, 5.74) is 3.41. The fraction of sp³-hybridized carbons (Fsp3) is 0.235. The molecule has 21 heavy (non-hydrogen) atoms. The van der Waals surface area contributed by atoms with Gasteiger partial charge < -0.3 is 9.47 Å². The van der Waals surface area contributed by atoms with Crippen LogP contribution in [0.25, 0.3) is 0 Å². The van der Waals surface area contributed by atoms with Crippen LogP contribution in [-0.2, 0) is 0 Å². The van der Waals surface area contributed by atoms with Crippen LogP contribution in [0.1, 0.15) is 27.0 Å². The minimum atomic E-state index is -0.0173. The molecule has 3 rings (SSSR count). The van der Waals surface area contributed by atoms with E-state index in [9.17, 15) is 4.79 Å². The lowest BCUT2D eigenvalue weighted by Gasteiger charge is -2.19. The van der Waals surface area contributed by atoms with Crippen LogP contribution in [0.2, 0.25) is 0 Å². The van der Waals surface area contributed by atoms with Gasteiger partial charge in [0.05, 0.1) is 0 Å². The second-order valence-corrected chi connectivity index (χ2v) is 5.98. The zero-order valence-electron chi connectivity index (χ0n) is 11.9. The predicted molar refractivity (Wildman–Crippen MR) is 84.5 cm³/mol. The highest BCUT2D eigenvalue weighted by Crippen LogP contribution is 2.36. The van der Waals surface area contributed by atoms with Gasteiger partial charge in [0.1, 0.15) is 13.2 Å². The molecule has 0 spiro atoms. The fourth-order valence-corrected chi connectivity index (χ4v) is 2.95. The molecule has 3 nitrogen and oxygen atoms in total. The van der Waals surface area contributed by atoms with Crippen molar-refractivity contribution in [1.29, 1.82) is 0 Å². The largest absolute Gasteiger partial charge is 0.486 e. The Bertz CT molecular complexity index is 722. The molecule has 1 aliphatic heterocycles. The molecule has 0 fully saturated rings. The van der Waals surface area contributed by atoms with Crippen LogP contribution in [0, 0.1) is 13.8 Å². The average Bonchev–Trinajstić information content (AvgIpc) is 2.46. The molecular formula is C17H15BrO3. The number of aryl methyl sites for hydroxylation is 2. The maximum Gasteiger partial charge on any atom is 0.194 e. The van der Waals surface area contributed by atoms with Gasteiger partial charge in [-0.1, -0.05) is 23.8 Å². The van der Waals surface area contributed by atoms with Gasteiger partial charge in [-0.05, 0) is 47.5 Å². The molecule has 1 heterocycles. The Morgan fingerprint density at radius 1 is 1.00 bits per heavy atom. The van der Waals surface area contributed by atoms with Crippen molar-refractivity contribution in [3.63, 3.8) is 0 Å². The summed E-state index contributed by atoms with van der Waals surface area (Å²) >= 11 is 3.46. The molecular weight excluding hydrogens is 332 g/mol. The number of rotatable bonds is 2. The summed E-state index contributed by atoms with van der Waals surface area (Å²) in [5, 5.41) is 0. The molecule has 0 N–H and O–H groups in total. The summed E-state index contributed by atoms with van der Waals surface area (Å²) in [6, 6.07) is 9.38. The zero-order valence-corrected chi connectivity index (χ0v) is 13.5. The molecule has 0 saturated carbocycles. The summed E-state index contributed by atoms with van der Waals surface area (Å²) in [6.07, 6.45) is 0. The van der Waals surface area contributed by atoms with Gasteiger partial charge in [0.2, 0.25) is 0 Å². The minimum Gasteiger partial charge on any atom is -0.486 e. The highest BCUT2D eigenvalue weighted by Gasteiger charge is 2.20. The first kappa shape index (κ1) is 14.1. The Balaban J connectivity index is 2.05. The van der Waals surface area contributed by atoms with E-state index in [1.807, 2.05) is 32.0 Å². The van der Waals surface area contributed by atoms with Gasteiger partial charge in [-0.15, -0.1) is 0 Å². The third-order valence-electron chi connectivity index (χ3n) is 3.50. The zero-order chi connectivity index (χ0) is 15.0. The molecule has 0 amide bonds. The lowest BCUT2D eigenvalue weighted by molar-refractivity contribution is 0.103. The topological polar surface area (TPSA) is 35.5 Å². The summed E-state index contributed by atoms with van der Waals surface area (Å²) in [7, 11) is 0. The van der Waals surface area contributed by atoms with Gasteiger partial charge in [0.25, 0.3) is 0 Å². The number of ether oxygens (including phenoxy) is 2. The molecule has 0 aliphatic carbocycles. The summed E-state index contributed by atoms with van der Waals surface area (Å²) in [6.45, 7) is 5.00. The van der Waals surface area contributed by atoms with E-state index in [4.69, 9.17) is 9.47 Å². The number of ketones is 1. The van der Waals surface area contributed by atoms with E-state index in [1.54, 1.807) is 12.1 Å². The normalized spacial score (nSPS) is 13.1. The molecule has 0 aromatic heterocycles. The molecule has 0 unspecified atom stereocenters. The number of carbonyl (C=O) groups is 1. The van der Waals surface area contributed by atoms with E-state index in [0.29, 0.717) is 35.8 Å². The van der Waals surface area contributed by atoms with Crippen molar-refractivity contribution in [2.75, 3.05) is 13.2 Å². The molecule has 0 saturated heterocycles. The first-order valence-electron chi connectivity index (χ1n) is 6.77. The Kier molecular flexibility index (Phi) is 3.72. The first-order chi connectivity index (χ1) is 10.1. The molecule has 0 atom stereocenters. The monoisotopic (exact) mass is 346 g/mol. The van der Waals surface area contributed by atoms with Crippen molar-refractivity contribution in [3.05, 3.63) is 57.1 Å². The van der Waals surface area contributed by atoms with E-state index in [-0.39, 0.29) is 5.78 Å².